The van der Waals surface area contributed by atoms with Gasteiger partial charge in [-0.3, -0.25) is 9.08 Å². The molecule has 0 saturated carbocycles. The van der Waals surface area contributed by atoms with E-state index in [0.717, 1.165) is 5.56 Å². The number of fused-ring (bicyclic) bond motifs is 1. The van der Waals surface area contributed by atoms with Crippen LogP contribution >= 0.6 is 22.9 Å². The second-order valence-corrected chi connectivity index (χ2v) is 7.64. The smallest absolute Gasteiger partial charge is 0.714 e. The third-order valence-electron chi connectivity index (χ3n) is 3.67. The third-order valence-corrected chi connectivity index (χ3v) is 5.17. The van der Waals surface area contributed by atoms with E-state index in [0.29, 0.717) is 21.2 Å². The minimum Gasteiger partial charge on any atom is -0.714 e. The van der Waals surface area contributed by atoms with Crippen molar-refractivity contribution in [2.75, 3.05) is 11.4 Å². The van der Waals surface area contributed by atoms with Crippen LogP contribution in [0.2, 0.25) is 5.02 Å². The number of amides is 1. The number of nitrogens with zero attached hydrogens (tertiary/aromatic N) is 2. The molecule has 26 heavy (non-hydrogen) atoms. The van der Waals surface area contributed by atoms with Crippen LogP contribution in [0.15, 0.2) is 34.8 Å². The van der Waals surface area contributed by atoms with Crippen LogP contribution in [0.5, 0.6) is 0 Å². The van der Waals surface area contributed by atoms with Crippen LogP contribution in [0, 0.1) is 6.92 Å². The van der Waals surface area contributed by atoms with Gasteiger partial charge in [0.15, 0.2) is 0 Å². The van der Waals surface area contributed by atoms with Crippen LogP contribution in [0.4, 0.5) is 5.69 Å². The first-order valence-electron chi connectivity index (χ1n) is 7.13. The van der Waals surface area contributed by atoms with Crippen LogP contribution < -0.4 is 56.3 Å². The summed E-state index contributed by atoms with van der Waals surface area (Å²) in [7, 11) is -4.95. The summed E-state index contributed by atoms with van der Waals surface area (Å²) in [5, 5.41) is 5.69. The average molecular weight is 439 g/mol. The van der Waals surface area contributed by atoms with Crippen LogP contribution in [-0.2, 0) is 14.7 Å². The fourth-order valence-corrected chi connectivity index (χ4v) is 3.78. The molecule has 0 saturated heterocycles. The van der Waals surface area contributed by atoms with Gasteiger partial charge in [-0.25, -0.2) is 0 Å². The van der Waals surface area contributed by atoms with Crippen LogP contribution in [-0.4, -0.2) is 31.1 Å². The maximum atomic E-state index is 12.9. The first kappa shape index (κ1) is 22.0. The SMILES string of the molecule is Cc1ccsc1C(=O)N1CC/C(=N/OS(=O)(=O)[O-])c2ccc(Cl)cc21.[K+]. The Morgan fingerprint density at radius 3 is 2.73 bits per heavy atom. The molecule has 2 heterocycles. The predicted octanol–water partition coefficient (Wildman–Crippen LogP) is -0.0547. The average Bonchev–Trinajstić information content (AvgIpc) is 2.97. The van der Waals surface area contributed by atoms with Crippen LogP contribution in [0.3, 0.4) is 0 Å². The molecule has 0 N–H and O–H groups in total. The number of anilines is 1. The van der Waals surface area contributed by atoms with Crippen LogP contribution in [0.1, 0.15) is 27.2 Å². The Balaban J connectivity index is 0.00000243. The molecule has 0 radical (unpaired) electrons. The first-order valence-corrected chi connectivity index (χ1v) is 9.72. The van der Waals surface area contributed by atoms with Crippen molar-refractivity contribution in [1.29, 1.82) is 0 Å². The van der Waals surface area contributed by atoms with Gasteiger partial charge in [-0.1, -0.05) is 16.8 Å². The van der Waals surface area contributed by atoms with Gasteiger partial charge in [-0.2, -0.15) is 8.42 Å². The summed E-state index contributed by atoms with van der Waals surface area (Å²) < 4.78 is 35.9. The summed E-state index contributed by atoms with van der Waals surface area (Å²) in [4.78, 5) is 15.0. The summed E-state index contributed by atoms with van der Waals surface area (Å²) in [5.74, 6) is -0.174. The Morgan fingerprint density at radius 1 is 1.38 bits per heavy atom. The molecule has 3 rings (SSSR count). The number of aryl methyl sites for hydroxylation is 1. The van der Waals surface area contributed by atoms with E-state index in [1.165, 1.54) is 11.3 Å². The summed E-state index contributed by atoms with van der Waals surface area (Å²) in [6, 6.07) is 6.66. The molecule has 1 aromatic carbocycles. The Kier molecular flexibility index (Phi) is 7.44. The van der Waals surface area contributed by atoms with E-state index in [1.54, 1.807) is 23.1 Å². The number of benzene rings is 1. The molecule has 0 spiro atoms. The Morgan fingerprint density at radius 2 is 2.12 bits per heavy atom. The zero-order valence-corrected chi connectivity index (χ0v) is 19.4. The number of carbonyl (C=O) groups excluding carboxylic acids is 1. The molecule has 132 valence electrons. The van der Waals surface area contributed by atoms with E-state index >= 15 is 0 Å². The minimum atomic E-state index is -4.95. The van der Waals surface area contributed by atoms with Gasteiger partial charge in [0.2, 0.25) is 0 Å². The molecular formula is C15H12ClKN2O5S2. The Bertz CT molecular complexity index is 974. The number of rotatable bonds is 3. The number of carbonyl (C=O) groups is 1. The number of thiophene rings is 1. The van der Waals surface area contributed by atoms with Crippen molar-refractivity contribution < 1.29 is 73.4 Å². The summed E-state index contributed by atoms with van der Waals surface area (Å²) in [6.07, 6.45) is 0.236. The Labute approximate surface area is 202 Å². The second kappa shape index (κ2) is 8.80. The molecule has 0 atom stereocenters. The largest absolute Gasteiger partial charge is 1.00 e. The maximum Gasteiger partial charge on any atom is 1.00 e. The van der Waals surface area contributed by atoms with Crippen molar-refractivity contribution in [3.05, 3.63) is 50.7 Å². The summed E-state index contributed by atoms with van der Waals surface area (Å²) in [5.41, 5.74) is 2.11. The van der Waals surface area contributed by atoms with Crippen molar-refractivity contribution in [2.45, 2.75) is 13.3 Å². The van der Waals surface area contributed by atoms with Crippen molar-refractivity contribution in [1.82, 2.24) is 0 Å². The van der Waals surface area contributed by atoms with E-state index in [4.69, 9.17) is 11.6 Å². The standard InChI is InChI=1S/C15H13ClN2O5S2.K/c1-9-5-7-24-14(9)15(19)18-6-4-12(17-23-25(20,21)22)11-3-2-10(16)8-13(11)18;/h2-3,5,7-8H,4,6H2,1H3,(H,20,21,22);/q;+1/p-1/b17-12-;. The number of hydrogen-bond acceptors (Lipinski definition) is 7. The van der Waals surface area contributed by atoms with E-state index in [-0.39, 0.29) is 76.0 Å². The zero-order chi connectivity index (χ0) is 18.2. The minimum absolute atomic E-state index is 0. The van der Waals surface area contributed by atoms with Gasteiger partial charge in [0, 0.05) is 23.6 Å². The molecule has 0 fully saturated rings. The predicted molar refractivity (Wildman–Crippen MR) is 94.1 cm³/mol. The molecule has 0 bridgehead atoms. The normalized spacial score (nSPS) is 15.3. The molecule has 1 amide bonds. The topological polar surface area (TPSA) is 99.1 Å². The molecule has 1 aliphatic heterocycles. The van der Waals surface area contributed by atoms with Gasteiger partial charge < -0.3 is 9.45 Å². The first-order chi connectivity index (χ1) is 11.8. The molecule has 1 aromatic heterocycles. The molecular weight excluding hydrogens is 427 g/mol. The molecule has 0 aliphatic carbocycles. The number of oxime groups is 1. The van der Waals surface area contributed by atoms with Gasteiger partial charge in [0.1, 0.15) is 0 Å². The maximum absolute atomic E-state index is 12.9. The molecule has 1 aliphatic rings. The fourth-order valence-electron chi connectivity index (χ4n) is 2.56. The van der Waals surface area contributed by atoms with Crippen molar-refractivity contribution in [3.63, 3.8) is 0 Å². The van der Waals surface area contributed by atoms with Gasteiger partial charge >= 0.3 is 51.4 Å². The van der Waals surface area contributed by atoms with Crippen LogP contribution in [0.25, 0.3) is 0 Å². The molecule has 0 unspecified atom stereocenters. The van der Waals surface area contributed by atoms with Gasteiger partial charge in [0.25, 0.3) is 16.3 Å². The van der Waals surface area contributed by atoms with E-state index in [1.807, 2.05) is 18.4 Å². The van der Waals surface area contributed by atoms with Gasteiger partial charge in [-0.15, -0.1) is 11.3 Å². The summed E-state index contributed by atoms with van der Waals surface area (Å²) in [6.45, 7) is 2.11. The Hall–Kier alpha value is -0.304. The molecule has 2 aromatic rings. The fraction of sp³-hybridized carbons (Fsp3) is 0.200. The van der Waals surface area contributed by atoms with Gasteiger partial charge in [-0.05, 0) is 42.1 Å². The monoisotopic (exact) mass is 438 g/mol. The number of hydrogen-bond donors (Lipinski definition) is 0. The molecule has 7 nitrogen and oxygen atoms in total. The van der Waals surface area contributed by atoms with E-state index in [2.05, 4.69) is 9.44 Å². The second-order valence-electron chi connectivity index (χ2n) is 5.32. The van der Waals surface area contributed by atoms with Crippen molar-refractivity contribution in [3.8, 4) is 0 Å². The van der Waals surface area contributed by atoms with Gasteiger partial charge in [0.05, 0.1) is 16.3 Å². The summed E-state index contributed by atoms with van der Waals surface area (Å²) >= 11 is 7.39. The van der Waals surface area contributed by atoms with E-state index in [9.17, 15) is 17.8 Å². The number of halogens is 1. The zero-order valence-electron chi connectivity index (χ0n) is 13.9. The van der Waals surface area contributed by atoms with E-state index < -0.39 is 10.4 Å². The quantitative estimate of drug-likeness (QED) is 0.289. The van der Waals surface area contributed by atoms with Crippen molar-refractivity contribution >= 4 is 50.6 Å². The van der Waals surface area contributed by atoms with Crippen molar-refractivity contribution in [2.24, 2.45) is 5.16 Å². The third kappa shape index (κ3) is 4.94. The molecule has 11 heteroatoms.